The SMILES string of the molecule is O=C1OC2C(OC(F)(F)C(=O)[O-])C3CC1C2O3. The Labute approximate surface area is 93.4 Å². The smallest absolute Gasteiger partial charge is 0.398 e. The van der Waals surface area contributed by atoms with Crippen LogP contribution in [0.25, 0.3) is 0 Å². The molecule has 3 heterocycles. The molecule has 3 aliphatic rings. The number of fused-ring (bicyclic) bond motifs is 1. The van der Waals surface area contributed by atoms with Gasteiger partial charge in [-0.3, -0.25) is 4.79 Å². The maximum absolute atomic E-state index is 12.9. The predicted molar refractivity (Wildman–Crippen MR) is 41.5 cm³/mol. The van der Waals surface area contributed by atoms with Gasteiger partial charge >= 0.3 is 12.1 Å². The van der Waals surface area contributed by atoms with Crippen LogP contribution < -0.4 is 5.11 Å². The second-order valence-electron chi connectivity index (χ2n) is 4.27. The summed E-state index contributed by atoms with van der Waals surface area (Å²) in [5.74, 6) is -3.58. The summed E-state index contributed by atoms with van der Waals surface area (Å²) in [7, 11) is 0. The molecule has 3 aliphatic heterocycles. The summed E-state index contributed by atoms with van der Waals surface area (Å²) in [6, 6.07) is 0. The molecule has 0 aromatic rings. The maximum atomic E-state index is 12.9. The van der Waals surface area contributed by atoms with E-state index in [0.29, 0.717) is 0 Å². The highest BCUT2D eigenvalue weighted by molar-refractivity contribution is 5.77. The number of hydrogen-bond donors (Lipinski definition) is 0. The molecule has 0 spiro atoms. The summed E-state index contributed by atoms with van der Waals surface area (Å²) in [5.41, 5.74) is 0. The Kier molecular flexibility index (Phi) is 2.00. The molecular formula is C9H7F2O6-. The molecule has 0 N–H and O–H groups in total. The highest BCUT2D eigenvalue weighted by atomic mass is 19.3. The van der Waals surface area contributed by atoms with Crippen LogP contribution in [0.2, 0.25) is 0 Å². The van der Waals surface area contributed by atoms with Crippen molar-refractivity contribution in [2.75, 3.05) is 0 Å². The third kappa shape index (κ3) is 1.37. The van der Waals surface area contributed by atoms with Crippen LogP contribution in [0.3, 0.4) is 0 Å². The zero-order valence-corrected chi connectivity index (χ0v) is 8.30. The molecule has 3 fully saturated rings. The standard InChI is InChI=1S/C9H8F2O6/c10-9(11,8(13)14)17-5-3-1-2-4(15-3)6(5)16-7(2)12/h2-6H,1H2,(H,13,14)/p-1. The van der Waals surface area contributed by atoms with E-state index in [1.165, 1.54) is 0 Å². The van der Waals surface area contributed by atoms with E-state index in [2.05, 4.69) is 4.74 Å². The summed E-state index contributed by atoms with van der Waals surface area (Å²) in [6.45, 7) is 0. The van der Waals surface area contributed by atoms with Gasteiger partial charge < -0.3 is 24.1 Å². The first-order valence-corrected chi connectivity index (χ1v) is 5.03. The number of esters is 1. The average Bonchev–Trinajstić information content (AvgIpc) is 2.81. The van der Waals surface area contributed by atoms with Gasteiger partial charge in [-0.15, -0.1) is 0 Å². The lowest BCUT2D eigenvalue weighted by atomic mass is 9.88. The van der Waals surface area contributed by atoms with Crippen molar-refractivity contribution in [1.29, 1.82) is 0 Å². The lowest BCUT2D eigenvalue weighted by Crippen LogP contribution is -2.50. The molecular weight excluding hydrogens is 242 g/mol. The number of carbonyl (C=O) groups excluding carboxylic acids is 2. The van der Waals surface area contributed by atoms with Gasteiger partial charge in [0, 0.05) is 0 Å². The number of alkyl halides is 2. The van der Waals surface area contributed by atoms with Crippen molar-refractivity contribution >= 4 is 11.9 Å². The van der Waals surface area contributed by atoms with Gasteiger partial charge in [0.25, 0.3) is 0 Å². The van der Waals surface area contributed by atoms with Crippen molar-refractivity contribution in [1.82, 2.24) is 0 Å². The topological polar surface area (TPSA) is 84.9 Å². The van der Waals surface area contributed by atoms with Crippen molar-refractivity contribution in [2.45, 2.75) is 36.9 Å². The number of halogens is 2. The molecule has 3 saturated heterocycles. The Bertz CT molecular complexity index is 397. The molecule has 0 amide bonds. The fraction of sp³-hybridized carbons (Fsp3) is 0.778. The van der Waals surface area contributed by atoms with Crippen LogP contribution in [0.5, 0.6) is 0 Å². The second-order valence-corrected chi connectivity index (χ2v) is 4.27. The molecule has 5 unspecified atom stereocenters. The molecule has 2 bridgehead atoms. The summed E-state index contributed by atoms with van der Waals surface area (Å²) < 4.78 is 40.0. The monoisotopic (exact) mass is 249 g/mol. The molecule has 94 valence electrons. The number of hydrogen-bond acceptors (Lipinski definition) is 6. The van der Waals surface area contributed by atoms with Crippen molar-refractivity contribution in [3.63, 3.8) is 0 Å². The largest absolute Gasteiger partial charge is 0.542 e. The maximum Gasteiger partial charge on any atom is 0.398 e. The molecule has 8 heteroatoms. The summed E-state index contributed by atoms with van der Waals surface area (Å²) in [6.07, 6.45) is -7.73. The molecule has 0 radical (unpaired) electrons. The van der Waals surface area contributed by atoms with Crippen LogP contribution in [-0.4, -0.2) is 42.5 Å². The number of carbonyl (C=O) groups is 2. The van der Waals surface area contributed by atoms with Crippen LogP contribution in [-0.2, 0) is 23.8 Å². The van der Waals surface area contributed by atoms with E-state index in [9.17, 15) is 23.5 Å². The van der Waals surface area contributed by atoms with Crippen molar-refractivity contribution in [2.24, 2.45) is 5.92 Å². The number of carboxylic acids is 1. The van der Waals surface area contributed by atoms with E-state index in [-0.39, 0.29) is 6.42 Å². The highest BCUT2D eigenvalue weighted by Crippen LogP contribution is 2.48. The van der Waals surface area contributed by atoms with Crippen LogP contribution >= 0.6 is 0 Å². The van der Waals surface area contributed by atoms with Gasteiger partial charge in [-0.1, -0.05) is 0 Å². The van der Waals surface area contributed by atoms with Gasteiger partial charge in [0.05, 0.1) is 12.0 Å². The van der Waals surface area contributed by atoms with Gasteiger partial charge in [0.1, 0.15) is 18.2 Å². The van der Waals surface area contributed by atoms with E-state index in [4.69, 9.17) is 9.47 Å². The Morgan fingerprint density at radius 3 is 2.82 bits per heavy atom. The van der Waals surface area contributed by atoms with Crippen molar-refractivity contribution in [3.8, 4) is 0 Å². The Morgan fingerprint density at radius 2 is 2.18 bits per heavy atom. The van der Waals surface area contributed by atoms with E-state index < -0.39 is 48.4 Å². The average molecular weight is 249 g/mol. The highest BCUT2D eigenvalue weighted by Gasteiger charge is 2.65. The van der Waals surface area contributed by atoms with Crippen molar-refractivity contribution in [3.05, 3.63) is 0 Å². The first-order chi connectivity index (χ1) is 7.90. The second kappa shape index (κ2) is 3.14. The van der Waals surface area contributed by atoms with Gasteiger partial charge in [-0.05, 0) is 6.42 Å². The molecule has 0 aromatic carbocycles. The van der Waals surface area contributed by atoms with Crippen LogP contribution in [0.15, 0.2) is 0 Å². The Morgan fingerprint density at radius 1 is 1.47 bits per heavy atom. The fourth-order valence-electron chi connectivity index (χ4n) is 2.60. The molecule has 6 nitrogen and oxygen atoms in total. The van der Waals surface area contributed by atoms with E-state index in [1.54, 1.807) is 0 Å². The molecule has 17 heavy (non-hydrogen) atoms. The van der Waals surface area contributed by atoms with Crippen LogP contribution in [0.4, 0.5) is 8.78 Å². The third-order valence-electron chi connectivity index (χ3n) is 3.31. The Hall–Kier alpha value is -1.28. The summed E-state index contributed by atoms with van der Waals surface area (Å²) >= 11 is 0. The number of carboxylic acid groups (broad SMARTS) is 1. The first kappa shape index (κ1) is 10.8. The molecule has 3 rings (SSSR count). The Balaban J connectivity index is 1.79. The number of rotatable bonds is 3. The first-order valence-electron chi connectivity index (χ1n) is 5.03. The lowest BCUT2D eigenvalue weighted by molar-refractivity contribution is -0.371. The lowest BCUT2D eigenvalue weighted by Gasteiger charge is -2.27. The van der Waals surface area contributed by atoms with Crippen LogP contribution in [0, 0.1) is 5.92 Å². The number of aliphatic carboxylic acids is 1. The molecule has 5 atom stereocenters. The molecule has 0 saturated carbocycles. The quantitative estimate of drug-likeness (QED) is 0.561. The minimum Gasteiger partial charge on any atom is -0.542 e. The van der Waals surface area contributed by atoms with Gasteiger partial charge in [0.2, 0.25) is 0 Å². The normalized spacial score (nSPS) is 42.9. The zero-order chi connectivity index (χ0) is 12.4. The van der Waals surface area contributed by atoms with E-state index in [0.717, 1.165) is 0 Å². The summed E-state index contributed by atoms with van der Waals surface area (Å²) in [5, 5.41) is 10.2. The van der Waals surface area contributed by atoms with Crippen molar-refractivity contribution < 1.29 is 37.7 Å². The molecule has 0 aromatic heterocycles. The van der Waals surface area contributed by atoms with Crippen LogP contribution in [0.1, 0.15) is 6.42 Å². The third-order valence-corrected chi connectivity index (χ3v) is 3.31. The summed E-state index contributed by atoms with van der Waals surface area (Å²) in [4.78, 5) is 21.4. The van der Waals surface area contributed by atoms with Gasteiger partial charge in [-0.25, -0.2) is 0 Å². The number of ether oxygens (including phenoxy) is 3. The minimum atomic E-state index is -4.41. The van der Waals surface area contributed by atoms with E-state index in [1.807, 2.05) is 0 Å². The van der Waals surface area contributed by atoms with Gasteiger partial charge in [0.15, 0.2) is 6.10 Å². The molecule has 0 aliphatic carbocycles. The zero-order valence-electron chi connectivity index (χ0n) is 8.30. The predicted octanol–water partition coefficient (Wildman–Crippen LogP) is -1.57. The minimum absolute atomic E-state index is 0.216. The van der Waals surface area contributed by atoms with Gasteiger partial charge in [-0.2, -0.15) is 8.78 Å². The van der Waals surface area contributed by atoms with E-state index >= 15 is 0 Å². The fourth-order valence-corrected chi connectivity index (χ4v) is 2.60.